The average molecular weight is 363 g/mol. The maximum Gasteiger partial charge on any atom is 0.341 e. The predicted molar refractivity (Wildman–Crippen MR) is 97.3 cm³/mol. The first-order chi connectivity index (χ1) is 12.3. The lowest BCUT2D eigenvalue weighted by atomic mass is 9.86. The molecule has 0 spiro atoms. The van der Waals surface area contributed by atoms with Crippen LogP contribution in [0.4, 0.5) is 11.4 Å². The van der Waals surface area contributed by atoms with Crippen molar-refractivity contribution in [2.75, 3.05) is 25.6 Å². The van der Waals surface area contributed by atoms with Crippen molar-refractivity contribution in [2.45, 2.75) is 38.6 Å². The molecule has 8 heteroatoms. The highest BCUT2D eigenvalue weighted by Gasteiger charge is 2.24. The lowest BCUT2D eigenvalue weighted by Gasteiger charge is -2.29. The molecule has 0 unspecified atom stereocenters. The molecule has 0 saturated heterocycles. The number of esters is 1. The molecule has 0 aromatic heterocycles. The number of ether oxygens (including phenoxy) is 1. The van der Waals surface area contributed by atoms with Gasteiger partial charge in [0.15, 0.2) is 6.61 Å². The van der Waals surface area contributed by atoms with Gasteiger partial charge in [-0.25, -0.2) is 4.79 Å². The van der Waals surface area contributed by atoms with Gasteiger partial charge in [-0.2, -0.15) is 0 Å². The van der Waals surface area contributed by atoms with E-state index in [4.69, 9.17) is 4.74 Å². The van der Waals surface area contributed by atoms with Gasteiger partial charge >= 0.3 is 5.97 Å². The van der Waals surface area contributed by atoms with E-state index in [1.165, 1.54) is 24.6 Å². The summed E-state index contributed by atoms with van der Waals surface area (Å²) in [6.45, 7) is 1.69. The predicted octanol–water partition coefficient (Wildman–Crippen LogP) is 2.51. The normalized spacial score (nSPS) is 19.5. The second-order valence-corrected chi connectivity index (χ2v) is 6.86. The summed E-state index contributed by atoms with van der Waals surface area (Å²) in [6.07, 6.45) is 4.25. The number of anilines is 1. The Hall–Kier alpha value is -2.64. The first-order valence-corrected chi connectivity index (χ1v) is 8.72. The number of hydrogen-bond donors (Lipinski definition) is 1. The Kier molecular flexibility index (Phi) is 6.54. The van der Waals surface area contributed by atoms with Crippen molar-refractivity contribution >= 4 is 23.3 Å². The Morgan fingerprint density at radius 1 is 1.31 bits per heavy atom. The van der Waals surface area contributed by atoms with Crippen molar-refractivity contribution in [3.8, 4) is 0 Å². The molecule has 1 aliphatic rings. The molecule has 1 fully saturated rings. The van der Waals surface area contributed by atoms with Gasteiger partial charge in [0.2, 0.25) is 0 Å². The second kappa shape index (κ2) is 8.64. The van der Waals surface area contributed by atoms with Gasteiger partial charge in [0, 0.05) is 32.3 Å². The van der Waals surface area contributed by atoms with E-state index in [9.17, 15) is 19.7 Å². The SMILES string of the molecule is C[C@@H]1CCCC[C@@H]1NC(=O)COC(=O)c1cc([N+](=O)[O-])ccc1N(C)C. The standard InChI is InChI=1S/C18H25N3O5/c1-12-6-4-5-7-15(12)19-17(22)11-26-18(23)14-10-13(21(24)25)8-9-16(14)20(2)3/h8-10,12,15H,4-7,11H2,1-3H3,(H,19,22)/t12-,15+/m1/s1. The van der Waals surface area contributed by atoms with Crippen molar-refractivity contribution in [1.82, 2.24) is 5.32 Å². The van der Waals surface area contributed by atoms with E-state index >= 15 is 0 Å². The van der Waals surface area contributed by atoms with Crippen LogP contribution in [-0.4, -0.2) is 43.5 Å². The number of carbonyl (C=O) groups is 2. The third-order valence-corrected chi connectivity index (χ3v) is 4.68. The van der Waals surface area contributed by atoms with Crippen molar-refractivity contribution in [2.24, 2.45) is 5.92 Å². The highest BCUT2D eigenvalue weighted by atomic mass is 16.6. The quantitative estimate of drug-likeness (QED) is 0.473. The van der Waals surface area contributed by atoms with Crippen LogP contribution < -0.4 is 10.2 Å². The fraction of sp³-hybridized carbons (Fsp3) is 0.556. The zero-order valence-corrected chi connectivity index (χ0v) is 15.4. The van der Waals surface area contributed by atoms with E-state index in [-0.39, 0.29) is 23.2 Å². The van der Waals surface area contributed by atoms with Crippen molar-refractivity contribution < 1.29 is 19.2 Å². The third-order valence-electron chi connectivity index (χ3n) is 4.68. The Bertz CT molecular complexity index is 689. The van der Waals surface area contributed by atoms with E-state index in [0.29, 0.717) is 11.6 Å². The van der Waals surface area contributed by atoms with Gasteiger partial charge < -0.3 is 15.0 Å². The Morgan fingerprint density at radius 3 is 2.62 bits per heavy atom. The molecule has 2 rings (SSSR count). The number of benzene rings is 1. The number of nitro benzene ring substituents is 1. The topological polar surface area (TPSA) is 102 Å². The van der Waals surface area contributed by atoms with Crippen LogP contribution in [-0.2, 0) is 9.53 Å². The van der Waals surface area contributed by atoms with Crippen LogP contribution in [0.15, 0.2) is 18.2 Å². The van der Waals surface area contributed by atoms with Crippen molar-refractivity contribution in [3.63, 3.8) is 0 Å². The summed E-state index contributed by atoms with van der Waals surface area (Å²) in [5.41, 5.74) is 0.341. The number of hydrogen-bond acceptors (Lipinski definition) is 6. The fourth-order valence-electron chi connectivity index (χ4n) is 3.18. The number of nitrogens with one attached hydrogen (secondary N) is 1. The van der Waals surface area contributed by atoms with Crippen molar-refractivity contribution in [1.29, 1.82) is 0 Å². The smallest absolute Gasteiger partial charge is 0.341 e. The number of nitrogens with zero attached hydrogens (tertiary/aromatic N) is 2. The molecule has 1 aliphatic carbocycles. The molecular formula is C18H25N3O5. The van der Waals surface area contributed by atoms with E-state index in [2.05, 4.69) is 12.2 Å². The fourth-order valence-corrected chi connectivity index (χ4v) is 3.18. The Morgan fingerprint density at radius 2 is 2.00 bits per heavy atom. The molecule has 8 nitrogen and oxygen atoms in total. The lowest BCUT2D eigenvalue weighted by molar-refractivity contribution is -0.384. The van der Waals surface area contributed by atoms with Crippen LogP contribution in [0.2, 0.25) is 0 Å². The molecule has 0 bridgehead atoms. The van der Waals surface area contributed by atoms with Gasteiger partial charge in [0.1, 0.15) is 0 Å². The van der Waals surface area contributed by atoms with Gasteiger partial charge in [0.05, 0.1) is 16.2 Å². The summed E-state index contributed by atoms with van der Waals surface area (Å²) in [6, 6.07) is 4.07. The van der Waals surface area contributed by atoms with Gasteiger partial charge in [-0.05, 0) is 24.8 Å². The molecule has 0 heterocycles. The van der Waals surface area contributed by atoms with Crippen LogP contribution >= 0.6 is 0 Å². The second-order valence-electron chi connectivity index (χ2n) is 6.86. The molecule has 1 aromatic rings. The average Bonchev–Trinajstić information content (AvgIpc) is 2.61. The van der Waals surface area contributed by atoms with E-state index < -0.39 is 17.5 Å². The van der Waals surface area contributed by atoms with Gasteiger partial charge in [-0.1, -0.05) is 19.8 Å². The van der Waals surface area contributed by atoms with Crippen LogP contribution in [0.1, 0.15) is 43.0 Å². The highest BCUT2D eigenvalue weighted by molar-refractivity contribution is 5.97. The summed E-state index contributed by atoms with van der Waals surface area (Å²) in [5.74, 6) is -0.710. The molecule has 26 heavy (non-hydrogen) atoms. The molecule has 1 amide bonds. The van der Waals surface area contributed by atoms with E-state index in [0.717, 1.165) is 19.3 Å². The molecule has 1 saturated carbocycles. The molecule has 0 aliphatic heterocycles. The number of carbonyl (C=O) groups excluding carboxylic acids is 2. The first kappa shape index (κ1) is 19.7. The summed E-state index contributed by atoms with van der Waals surface area (Å²) in [7, 11) is 3.43. The maximum atomic E-state index is 12.4. The minimum Gasteiger partial charge on any atom is -0.452 e. The highest BCUT2D eigenvalue weighted by Crippen LogP contribution is 2.25. The van der Waals surface area contributed by atoms with Crippen LogP contribution in [0.3, 0.4) is 0 Å². The molecule has 1 aromatic carbocycles. The van der Waals surface area contributed by atoms with E-state index in [1.807, 2.05) is 0 Å². The number of rotatable bonds is 6. The summed E-state index contributed by atoms with van der Waals surface area (Å²) in [4.78, 5) is 36.5. The molecule has 0 radical (unpaired) electrons. The summed E-state index contributed by atoms with van der Waals surface area (Å²) in [5, 5.41) is 13.9. The minimum atomic E-state index is -0.760. The Labute approximate surface area is 152 Å². The van der Waals surface area contributed by atoms with Crippen LogP contribution in [0, 0.1) is 16.0 Å². The molecule has 2 atom stereocenters. The molecular weight excluding hydrogens is 338 g/mol. The zero-order valence-electron chi connectivity index (χ0n) is 15.4. The zero-order chi connectivity index (χ0) is 19.3. The molecule has 1 N–H and O–H groups in total. The number of amides is 1. The van der Waals surface area contributed by atoms with E-state index in [1.54, 1.807) is 19.0 Å². The first-order valence-electron chi connectivity index (χ1n) is 8.72. The molecule has 142 valence electrons. The van der Waals surface area contributed by atoms with Gasteiger partial charge in [-0.3, -0.25) is 14.9 Å². The van der Waals surface area contributed by atoms with Gasteiger partial charge in [0.25, 0.3) is 11.6 Å². The summed E-state index contributed by atoms with van der Waals surface area (Å²) < 4.78 is 5.09. The largest absolute Gasteiger partial charge is 0.452 e. The maximum absolute atomic E-state index is 12.4. The van der Waals surface area contributed by atoms with Crippen molar-refractivity contribution in [3.05, 3.63) is 33.9 Å². The number of nitro groups is 1. The summed E-state index contributed by atoms with van der Waals surface area (Å²) >= 11 is 0. The van der Waals surface area contributed by atoms with Crippen LogP contribution in [0.25, 0.3) is 0 Å². The van der Waals surface area contributed by atoms with Crippen LogP contribution in [0.5, 0.6) is 0 Å². The minimum absolute atomic E-state index is 0.0584. The third kappa shape index (κ3) is 4.93. The monoisotopic (exact) mass is 363 g/mol. The van der Waals surface area contributed by atoms with Gasteiger partial charge in [-0.15, -0.1) is 0 Å². The Balaban J connectivity index is 2.01. The number of non-ortho nitro benzene ring substituents is 1. The lowest BCUT2D eigenvalue weighted by Crippen LogP contribution is -2.42.